The van der Waals surface area contributed by atoms with E-state index in [-0.39, 0.29) is 0 Å². The fraction of sp³-hybridized carbons (Fsp3) is 0.714. The van der Waals surface area contributed by atoms with Gasteiger partial charge in [0.1, 0.15) is 0 Å². The lowest BCUT2D eigenvalue weighted by atomic mass is 9.72. The molecule has 0 bridgehead atoms. The van der Waals surface area contributed by atoms with Gasteiger partial charge in [-0.2, -0.15) is 0 Å². The quantitative estimate of drug-likeness (QED) is 0.557. The van der Waals surface area contributed by atoms with Crippen molar-refractivity contribution in [3.63, 3.8) is 0 Å². The Morgan fingerprint density at radius 3 is 2.36 bits per heavy atom. The lowest BCUT2D eigenvalue weighted by molar-refractivity contribution is 0.301. The van der Waals surface area contributed by atoms with Gasteiger partial charge in [-0.25, -0.2) is 0 Å². The molecule has 0 aliphatic heterocycles. The van der Waals surface area contributed by atoms with E-state index < -0.39 is 0 Å². The van der Waals surface area contributed by atoms with Gasteiger partial charge in [-0.3, -0.25) is 0 Å². The van der Waals surface area contributed by atoms with E-state index in [0.717, 1.165) is 0 Å². The zero-order valence-electron chi connectivity index (χ0n) is 9.39. The van der Waals surface area contributed by atoms with E-state index in [1.165, 1.54) is 51.4 Å². The average molecular weight is 190 g/mol. The molecular weight excluding hydrogens is 168 g/mol. The molecule has 0 aromatic heterocycles. The van der Waals surface area contributed by atoms with Gasteiger partial charge in [-0.1, -0.05) is 50.8 Å². The second kappa shape index (κ2) is 4.33. The Kier molecular flexibility index (Phi) is 3.10. The van der Waals surface area contributed by atoms with Gasteiger partial charge < -0.3 is 0 Å². The normalized spacial score (nSPS) is 25.9. The van der Waals surface area contributed by atoms with Crippen LogP contribution in [0.15, 0.2) is 23.8 Å². The maximum atomic E-state index is 2.45. The van der Waals surface area contributed by atoms with Gasteiger partial charge in [0.2, 0.25) is 0 Å². The highest BCUT2D eigenvalue weighted by molar-refractivity contribution is 5.32. The molecule has 0 radical (unpaired) electrons. The van der Waals surface area contributed by atoms with Crippen LogP contribution < -0.4 is 0 Å². The Hall–Kier alpha value is -0.520. The number of hydrogen-bond donors (Lipinski definition) is 0. The smallest absolute Gasteiger partial charge is 0.00527 e. The standard InChI is InChI=1S/C14H22/c1-2-14(13-9-5-6-10-13)11-7-3-4-8-12-14/h5,9-10H,2-4,6-8,11-12H2,1H3. The minimum absolute atomic E-state index is 0.559. The first-order valence-electron chi connectivity index (χ1n) is 6.24. The fourth-order valence-electron chi connectivity index (χ4n) is 3.10. The third kappa shape index (κ3) is 1.80. The molecule has 0 saturated heterocycles. The third-order valence-corrected chi connectivity index (χ3v) is 4.12. The minimum atomic E-state index is 0.559. The summed E-state index contributed by atoms with van der Waals surface area (Å²) in [5, 5.41) is 0. The summed E-state index contributed by atoms with van der Waals surface area (Å²) >= 11 is 0. The van der Waals surface area contributed by atoms with E-state index in [2.05, 4.69) is 25.2 Å². The molecule has 1 fully saturated rings. The number of rotatable bonds is 2. The van der Waals surface area contributed by atoms with Crippen LogP contribution in [-0.4, -0.2) is 0 Å². The van der Waals surface area contributed by atoms with Gasteiger partial charge in [0.25, 0.3) is 0 Å². The molecule has 0 nitrogen and oxygen atoms in total. The molecule has 0 spiro atoms. The predicted molar refractivity (Wildman–Crippen MR) is 62.3 cm³/mol. The summed E-state index contributed by atoms with van der Waals surface area (Å²) in [6, 6.07) is 0. The first kappa shape index (κ1) is 10.0. The van der Waals surface area contributed by atoms with Crippen molar-refractivity contribution < 1.29 is 0 Å². The molecule has 0 amide bonds. The Morgan fingerprint density at radius 1 is 1.14 bits per heavy atom. The van der Waals surface area contributed by atoms with Gasteiger partial charge in [0.05, 0.1) is 0 Å². The van der Waals surface area contributed by atoms with Crippen LogP contribution in [0.3, 0.4) is 0 Å². The molecular formula is C14H22. The van der Waals surface area contributed by atoms with E-state index in [9.17, 15) is 0 Å². The molecule has 0 aromatic carbocycles. The summed E-state index contributed by atoms with van der Waals surface area (Å²) in [5.41, 5.74) is 2.21. The van der Waals surface area contributed by atoms with Gasteiger partial charge in [0.15, 0.2) is 0 Å². The lowest BCUT2D eigenvalue weighted by Crippen LogP contribution is -2.20. The van der Waals surface area contributed by atoms with Gasteiger partial charge >= 0.3 is 0 Å². The molecule has 2 aliphatic rings. The Balaban J connectivity index is 2.17. The van der Waals surface area contributed by atoms with Crippen molar-refractivity contribution in [1.29, 1.82) is 0 Å². The maximum absolute atomic E-state index is 2.45. The van der Waals surface area contributed by atoms with Crippen LogP contribution in [0.2, 0.25) is 0 Å². The highest BCUT2D eigenvalue weighted by Crippen LogP contribution is 2.45. The SMILES string of the molecule is CCC1(C2=CCC=C2)CCCCCC1. The Bertz CT molecular complexity index is 237. The van der Waals surface area contributed by atoms with E-state index in [4.69, 9.17) is 0 Å². The van der Waals surface area contributed by atoms with Crippen molar-refractivity contribution in [1.82, 2.24) is 0 Å². The van der Waals surface area contributed by atoms with Crippen LogP contribution in [-0.2, 0) is 0 Å². The molecule has 0 aromatic rings. The molecule has 2 rings (SSSR count). The van der Waals surface area contributed by atoms with Crippen LogP contribution in [0.4, 0.5) is 0 Å². The maximum Gasteiger partial charge on any atom is -0.00527 e. The molecule has 14 heavy (non-hydrogen) atoms. The first-order valence-corrected chi connectivity index (χ1v) is 6.24. The molecule has 0 atom stereocenters. The molecule has 0 N–H and O–H groups in total. The molecule has 2 aliphatic carbocycles. The summed E-state index contributed by atoms with van der Waals surface area (Å²) < 4.78 is 0. The van der Waals surface area contributed by atoms with Crippen molar-refractivity contribution in [2.24, 2.45) is 5.41 Å². The Labute approximate surface area is 88.1 Å². The van der Waals surface area contributed by atoms with Gasteiger partial charge in [0, 0.05) is 0 Å². The highest BCUT2D eigenvalue weighted by atomic mass is 14.4. The molecule has 1 saturated carbocycles. The second-order valence-corrected chi connectivity index (χ2v) is 4.85. The Morgan fingerprint density at radius 2 is 1.86 bits per heavy atom. The van der Waals surface area contributed by atoms with Crippen LogP contribution in [0.5, 0.6) is 0 Å². The van der Waals surface area contributed by atoms with E-state index in [1.807, 2.05) is 0 Å². The lowest BCUT2D eigenvalue weighted by Gasteiger charge is -2.32. The van der Waals surface area contributed by atoms with Crippen LogP contribution in [0, 0.1) is 5.41 Å². The third-order valence-electron chi connectivity index (χ3n) is 4.12. The monoisotopic (exact) mass is 190 g/mol. The van der Waals surface area contributed by atoms with Crippen molar-refractivity contribution in [3.8, 4) is 0 Å². The number of allylic oxidation sites excluding steroid dienone is 4. The minimum Gasteiger partial charge on any atom is -0.0804 e. The largest absolute Gasteiger partial charge is 0.0804 e. The van der Waals surface area contributed by atoms with Crippen molar-refractivity contribution in [3.05, 3.63) is 23.8 Å². The first-order chi connectivity index (χ1) is 6.87. The summed E-state index contributed by atoms with van der Waals surface area (Å²) in [6.45, 7) is 2.37. The summed E-state index contributed by atoms with van der Waals surface area (Å²) in [4.78, 5) is 0. The highest BCUT2D eigenvalue weighted by Gasteiger charge is 2.32. The predicted octanol–water partition coefficient (Wildman–Crippen LogP) is 4.62. The van der Waals surface area contributed by atoms with Crippen molar-refractivity contribution in [2.45, 2.75) is 58.3 Å². The molecule has 78 valence electrons. The summed E-state index contributed by atoms with van der Waals surface area (Å²) in [5.74, 6) is 0. The van der Waals surface area contributed by atoms with Crippen LogP contribution in [0.25, 0.3) is 0 Å². The van der Waals surface area contributed by atoms with E-state index in [0.29, 0.717) is 5.41 Å². The fourth-order valence-corrected chi connectivity index (χ4v) is 3.10. The zero-order chi connectivity index (χ0) is 9.86. The van der Waals surface area contributed by atoms with Crippen molar-refractivity contribution in [2.75, 3.05) is 0 Å². The van der Waals surface area contributed by atoms with Crippen LogP contribution >= 0.6 is 0 Å². The van der Waals surface area contributed by atoms with E-state index >= 15 is 0 Å². The second-order valence-electron chi connectivity index (χ2n) is 4.85. The van der Waals surface area contributed by atoms with E-state index in [1.54, 1.807) is 5.57 Å². The zero-order valence-corrected chi connectivity index (χ0v) is 9.39. The average Bonchev–Trinajstić information content (AvgIpc) is 2.64. The number of hydrogen-bond acceptors (Lipinski definition) is 0. The molecule has 0 heteroatoms. The van der Waals surface area contributed by atoms with Gasteiger partial charge in [-0.05, 0) is 36.7 Å². The topological polar surface area (TPSA) is 0 Å². The summed E-state index contributed by atoms with van der Waals surface area (Å²) in [7, 11) is 0. The van der Waals surface area contributed by atoms with Gasteiger partial charge in [-0.15, -0.1) is 0 Å². The van der Waals surface area contributed by atoms with Crippen LogP contribution in [0.1, 0.15) is 58.3 Å². The summed E-state index contributed by atoms with van der Waals surface area (Å²) in [6.07, 6.45) is 18.3. The molecule has 0 heterocycles. The molecule has 0 unspecified atom stereocenters. The van der Waals surface area contributed by atoms with Crippen molar-refractivity contribution >= 4 is 0 Å².